The van der Waals surface area contributed by atoms with Crippen LogP contribution in [0.2, 0.25) is 0 Å². The number of aryl methyl sites for hydroxylation is 1. The second-order valence-electron chi connectivity index (χ2n) is 11.0. The number of hydrogen-bond acceptors (Lipinski definition) is 9. The molecule has 4 aromatic heterocycles. The summed E-state index contributed by atoms with van der Waals surface area (Å²) in [6.45, 7) is 4.45. The molecule has 1 amide bonds. The molecule has 0 spiro atoms. The minimum atomic E-state index is -0.556. The highest BCUT2D eigenvalue weighted by Crippen LogP contribution is 2.30. The number of carbonyl (C=O) groups excluding carboxylic acids is 1. The minimum absolute atomic E-state index is 0.0365. The highest BCUT2D eigenvalue weighted by molar-refractivity contribution is 6.04. The molecule has 232 valence electrons. The molecule has 3 N–H and O–H groups in total. The van der Waals surface area contributed by atoms with Crippen LogP contribution in [0.15, 0.2) is 90.2 Å². The number of nitrogen functional groups attached to an aromatic ring is 1. The molecule has 46 heavy (non-hydrogen) atoms. The first-order valence-electron chi connectivity index (χ1n) is 14.8. The second kappa shape index (κ2) is 12.4. The standard InChI is InChI=1S/C33H31N9O4/c1-21-37-33-40(16-22-5-3-2-4-6-22)19-29(32(44)42(33)39-21)31(43)38-26-9-7-23(8-10-26)28-13-24(14-35-30(28)34)25-15-36-41(17-25)18-27-20-45-11-12-46-27/h2-10,13-15,17,19,27H,11-12,16,18,20H2,1H3,(H2,34,35)(H,38,43)/t27-/m0/s1. The Balaban J connectivity index is 1.10. The third-order valence-corrected chi connectivity index (χ3v) is 7.72. The van der Waals surface area contributed by atoms with E-state index in [1.165, 1.54) is 10.7 Å². The average Bonchev–Trinajstić information content (AvgIpc) is 3.71. The van der Waals surface area contributed by atoms with E-state index in [-0.39, 0.29) is 11.7 Å². The molecule has 1 atom stereocenters. The Morgan fingerprint density at radius 2 is 1.85 bits per heavy atom. The van der Waals surface area contributed by atoms with Crippen molar-refractivity contribution in [1.29, 1.82) is 0 Å². The number of amides is 1. The van der Waals surface area contributed by atoms with Gasteiger partial charge in [0.1, 0.15) is 23.3 Å². The van der Waals surface area contributed by atoms with E-state index >= 15 is 0 Å². The van der Waals surface area contributed by atoms with Gasteiger partial charge in [-0.2, -0.15) is 14.6 Å². The number of nitrogens with zero attached hydrogens (tertiary/aromatic N) is 7. The predicted molar refractivity (Wildman–Crippen MR) is 171 cm³/mol. The van der Waals surface area contributed by atoms with Crippen molar-refractivity contribution in [2.45, 2.75) is 26.1 Å². The first-order chi connectivity index (χ1) is 22.4. The smallest absolute Gasteiger partial charge is 0.288 e. The van der Waals surface area contributed by atoms with Crippen LogP contribution in [0.25, 0.3) is 28.0 Å². The number of rotatable bonds is 8. The Kier molecular flexibility index (Phi) is 7.83. The van der Waals surface area contributed by atoms with Crippen molar-refractivity contribution < 1.29 is 14.3 Å². The van der Waals surface area contributed by atoms with E-state index in [2.05, 4.69) is 25.5 Å². The van der Waals surface area contributed by atoms with Crippen LogP contribution in [-0.2, 0) is 22.6 Å². The van der Waals surface area contributed by atoms with E-state index in [4.69, 9.17) is 15.2 Å². The molecule has 5 heterocycles. The third kappa shape index (κ3) is 6.01. The van der Waals surface area contributed by atoms with Crippen LogP contribution in [0, 0.1) is 6.92 Å². The van der Waals surface area contributed by atoms with Crippen molar-refractivity contribution in [2.75, 3.05) is 30.9 Å². The summed E-state index contributed by atoms with van der Waals surface area (Å²) in [5, 5.41) is 11.5. The number of ether oxygens (including phenoxy) is 2. The molecule has 13 nitrogen and oxygen atoms in total. The van der Waals surface area contributed by atoms with E-state index < -0.39 is 11.5 Å². The molecule has 6 aromatic rings. The number of hydrogen-bond donors (Lipinski definition) is 2. The molecule has 0 unspecified atom stereocenters. The maximum Gasteiger partial charge on any atom is 0.288 e. The number of nitrogens with one attached hydrogen (secondary N) is 1. The van der Waals surface area contributed by atoms with Crippen molar-refractivity contribution in [3.05, 3.63) is 113 Å². The van der Waals surface area contributed by atoms with Gasteiger partial charge in [0.2, 0.25) is 5.78 Å². The summed E-state index contributed by atoms with van der Waals surface area (Å²) in [5.41, 5.74) is 10.5. The lowest BCUT2D eigenvalue weighted by atomic mass is 10.0. The van der Waals surface area contributed by atoms with Gasteiger partial charge in [-0.15, -0.1) is 5.10 Å². The van der Waals surface area contributed by atoms with Gasteiger partial charge in [-0.25, -0.2) is 4.98 Å². The van der Waals surface area contributed by atoms with Crippen molar-refractivity contribution in [2.24, 2.45) is 0 Å². The van der Waals surface area contributed by atoms with Crippen LogP contribution >= 0.6 is 0 Å². The maximum atomic E-state index is 13.4. The van der Waals surface area contributed by atoms with Crippen LogP contribution in [0.5, 0.6) is 0 Å². The normalized spacial score (nSPS) is 14.8. The summed E-state index contributed by atoms with van der Waals surface area (Å²) in [7, 11) is 0. The monoisotopic (exact) mass is 617 g/mol. The van der Waals surface area contributed by atoms with E-state index in [1.54, 1.807) is 36.0 Å². The zero-order chi connectivity index (χ0) is 31.6. The number of benzene rings is 2. The molecule has 1 aliphatic rings. The fourth-order valence-electron chi connectivity index (χ4n) is 5.42. The molecule has 0 saturated carbocycles. The third-order valence-electron chi connectivity index (χ3n) is 7.72. The summed E-state index contributed by atoms with van der Waals surface area (Å²) in [4.78, 5) is 35.5. The Hall–Kier alpha value is -5.66. The fraction of sp³-hybridized carbons (Fsp3) is 0.212. The van der Waals surface area contributed by atoms with Crippen LogP contribution in [0.4, 0.5) is 11.5 Å². The Bertz CT molecular complexity index is 2080. The molecule has 0 bridgehead atoms. The Labute approximate surface area is 263 Å². The van der Waals surface area contributed by atoms with Crippen LogP contribution in [0.3, 0.4) is 0 Å². The predicted octanol–water partition coefficient (Wildman–Crippen LogP) is 3.42. The van der Waals surface area contributed by atoms with Gasteiger partial charge in [0.05, 0.1) is 39.1 Å². The number of anilines is 2. The summed E-state index contributed by atoms with van der Waals surface area (Å²) in [5.74, 6) is 0.611. The number of carbonyl (C=O) groups is 1. The number of nitrogens with two attached hydrogens (primary N) is 1. The van der Waals surface area contributed by atoms with Gasteiger partial charge < -0.3 is 25.1 Å². The van der Waals surface area contributed by atoms with Crippen molar-refractivity contribution in [3.8, 4) is 22.3 Å². The topological polar surface area (TPSA) is 156 Å². The Morgan fingerprint density at radius 1 is 1.02 bits per heavy atom. The SMILES string of the molecule is Cc1nc2n(Cc3ccccc3)cc(C(=O)Nc3ccc(-c4cc(-c5cnn(C[C@H]6COCCO6)c5)cnc4N)cc3)c(=O)n2n1. The molecule has 1 aliphatic heterocycles. The van der Waals surface area contributed by atoms with Crippen molar-refractivity contribution in [1.82, 2.24) is 33.9 Å². The average molecular weight is 618 g/mol. The van der Waals surface area contributed by atoms with Gasteiger partial charge in [0.15, 0.2) is 0 Å². The molecular weight excluding hydrogens is 586 g/mol. The number of pyridine rings is 1. The number of aromatic nitrogens is 7. The quantitative estimate of drug-likeness (QED) is 0.261. The van der Waals surface area contributed by atoms with Gasteiger partial charge in [0.25, 0.3) is 11.5 Å². The van der Waals surface area contributed by atoms with Gasteiger partial charge in [-0.05, 0) is 36.2 Å². The highest BCUT2D eigenvalue weighted by Gasteiger charge is 2.19. The second-order valence-corrected chi connectivity index (χ2v) is 11.0. The fourth-order valence-corrected chi connectivity index (χ4v) is 5.42. The largest absolute Gasteiger partial charge is 0.383 e. The molecule has 7 rings (SSSR count). The molecule has 2 aromatic carbocycles. The van der Waals surface area contributed by atoms with E-state index in [9.17, 15) is 9.59 Å². The summed E-state index contributed by atoms with van der Waals surface area (Å²) in [6, 6.07) is 18.9. The first-order valence-corrected chi connectivity index (χ1v) is 14.8. The summed E-state index contributed by atoms with van der Waals surface area (Å²) >= 11 is 0. The zero-order valence-electron chi connectivity index (χ0n) is 25.0. The lowest BCUT2D eigenvalue weighted by Gasteiger charge is -2.22. The molecule has 1 fully saturated rings. The summed E-state index contributed by atoms with van der Waals surface area (Å²) in [6.07, 6.45) is 6.93. The van der Waals surface area contributed by atoms with Gasteiger partial charge in [-0.3, -0.25) is 14.3 Å². The van der Waals surface area contributed by atoms with Crippen molar-refractivity contribution >= 4 is 23.2 Å². The Morgan fingerprint density at radius 3 is 2.63 bits per heavy atom. The van der Waals surface area contributed by atoms with Crippen LogP contribution < -0.4 is 16.6 Å². The summed E-state index contributed by atoms with van der Waals surface area (Å²) < 4.78 is 16.0. The van der Waals surface area contributed by atoms with Crippen molar-refractivity contribution in [3.63, 3.8) is 0 Å². The minimum Gasteiger partial charge on any atom is -0.383 e. The lowest BCUT2D eigenvalue weighted by molar-refractivity contribution is -0.0946. The lowest BCUT2D eigenvalue weighted by Crippen LogP contribution is -2.32. The molecule has 1 saturated heterocycles. The van der Waals surface area contributed by atoms with E-state index in [0.717, 1.165) is 27.8 Å². The zero-order valence-corrected chi connectivity index (χ0v) is 25.0. The molecular formula is C33H31N9O4. The highest BCUT2D eigenvalue weighted by atomic mass is 16.6. The first kappa shape index (κ1) is 29.1. The van der Waals surface area contributed by atoms with Crippen LogP contribution in [0.1, 0.15) is 21.7 Å². The molecule has 13 heteroatoms. The van der Waals surface area contributed by atoms with E-state index in [0.29, 0.717) is 56.0 Å². The number of fused-ring (bicyclic) bond motifs is 1. The molecule has 0 radical (unpaired) electrons. The van der Waals surface area contributed by atoms with Gasteiger partial charge >= 0.3 is 0 Å². The van der Waals surface area contributed by atoms with Gasteiger partial charge in [0, 0.05) is 41.0 Å². The maximum absolute atomic E-state index is 13.4. The van der Waals surface area contributed by atoms with Crippen LogP contribution in [-0.4, -0.2) is 65.8 Å². The van der Waals surface area contributed by atoms with E-state index in [1.807, 2.05) is 59.4 Å². The molecule has 0 aliphatic carbocycles. The van der Waals surface area contributed by atoms with Gasteiger partial charge in [-0.1, -0.05) is 42.5 Å².